The molecule has 7 nitrogen and oxygen atoms in total. The van der Waals surface area contributed by atoms with Crippen LogP contribution in [0.1, 0.15) is 41.2 Å². The smallest absolute Gasteiger partial charge is 0.319 e. The van der Waals surface area contributed by atoms with Gasteiger partial charge in [0.15, 0.2) is 5.82 Å². The molecule has 3 rings (SSSR count). The molecule has 0 bridgehead atoms. The summed E-state index contributed by atoms with van der Waals surface area (Å²) in [6.45, 7) is 8.53. The Balaban J connectivity index is 1.56. The van der Waals surface area contributed by atoms with Crippen LogP contribution in [0.5, 0.6) is 0 Å². The van der Waals surface area contributed by atoms with Crippen LogP contribution in [0, 0.1) is 13.8 Å². The molecule has 0 atom stereocenters. The van der Waals surface area contributed by atoms with Crippen molar-refractivity contribution in [3.8, 4) is 11.4 Å². The third-order valence-corrected chi connectivity index (χ3v) is 5.27. The molecule has 2 heterocycles. The zero-order chi connectivity index (χ0) is 18.7. The second-order valence-electron chi connectivity index (χ2n) is 6.34. The molecule has 0 saturated carbocycles. The van der Waals surface area contributed by atoms with Crippen LogP contribution in [0.15, 0.2) is 24.3 Å². The Hall–Kier alpha value is -2.74. The quantitative estimate of drug-likeness (QED) is 0.633. The van der Waals surface area contributed by atoms with Crippen molar-refractivity contribution in [2.45, 2.75) is 40.2 Å². The number of nitrogens with one attached hydrogen (secondary N) is 3. The molecule has 8 heteroatoms. The highest BCUT2D eigenvalue weighted by Gasteiger charge is 2.11. The van der Waals surface area contributed by atoms with Gasteiger partial charge < -0.3 is 10.6 Å². The maximum atomic E-state index is 12.1. The molecule has 0 spiro atoms. The number of aryl methyl sites for hydroxylation is 2. The van der Waals surface area contributed by atoms with Crippen LogP contribution in [0.25, 0.3) is 11.4 Å². The van der Waals surface area contributed by atoms with E-state index in [-0.39, 0.29) is 6.03 Å². The number of benzene rings is 1. The predicted octanol–water partition coefficient (Wildman–Crippen LogP) is 3.99. The van der Waals surface area contributed by atoms with E-state index in [9.17, 15) is 4.79 Å². The van der Waals surface area contributed by atoms with E-state index in [0.29, 0.717) is 24.0 Å². The van der Waals surface area contributed by atoms with E-state index in [1.54, 1.807) is 11.3 Å². The lowest BCUT2D eigenvalue weighted by Crippen LogP contribution is -2.28. The number of carbonyl (C=O) groups is 1. The minimum absolute atomic E-state index is 0.245. The van der Waals surface area contributed by atoms with Gasteiger partial charge in [-0.15, -0.1) is 11.3 Å². The maximum Gasteiger partial charge on any atom is 0.319 e. The molecule has 2 amide bonds. The number of rotatable bonds is 5. The highest BCUT2D eigenvalue weighted by Crippen LogP contribution is 2.24. The van der Waals surface area contributed by atoms with Crippen LogP contribution < -0.4 is 10.6 Å². The first kappa shape index (κ1) is 18.1. The van der Waals surface area contributed by atoms with Crippen LogP contribution in [0.2, 0.25) is 0 Å². The Morgan fingerprint density at radius 1 is 1.19 bits per heavy atom. The van der Waals surface area contributed by atoms with Crippen molar-refractivity contribution in [1.82, 2.24) is 25.5 Å². The van der Waals surface area contributed by atoms with E-state index < -0.39 is 0 Å². The van der Waals surface area contributed by atoms with Gasteiger partial charge in [0.1, 0.15) is 5.82 Å². The van der Waals surface area contributed by atoms with Crippen molar-refractivity contribution in [3.05, 3.63) is 45.7 Å². The molecule has 3 aromatic rings. The molecule has 2 aromatic heterocycles. The predicted molar refractivity (Wildman–Crippen MR) is 103 cm³/mol. The Morgan fingerprint density at radius 3 is 2.50 bits per heavy atom. The van der Waals surface area contributed by atoms with Crippen molar-refractivity contribution in [2.24, 2.45) is 0 Å². The Morgan fingerprint density at radius 2 is 1.92 bits per heavy atom. The van der Waals surface area contributed by atoms with Crippen LogP contribution in [0.3, 0.4) is 0 Å². The van der Waals surface area contributed by atoms with E-state index in [0.717, 1.165) is 27.0 Å². The Bertz CT molecular complexity index is 897. The van der Waals surface area contributed by atoms with Gasteiger partial charge in [0.2, 0.25) is 0 Å². The number of hydrogen-bond donors (Lipinski definition) is 3. The van der Waals surface area contributed by atoms with Gasteiger partial charge in [0, 0.05) is 22.0 Å². The van der Waals surface area contributed by atoms with E-state index in [4.69, 9.17) is 0 Å². The fourth-order valence-corrected chi connectivity index (χ4v) is 3.38. The fourth-order valence-electron chi connectivity index (χ4n) is 2.37. The summed E-state index contributed by atoms with van der Waals surface area (Å²) in [7, 11) is 0. The fraction of sp³-hybridized carbons (Fsp3) is 0.333. The number of urea groups is 1. The molecule has 3 N–H and O–H groups in total. The van der Waals surface area contributed by atoms with Crippen LogP contribution in [-0.4, -0.2) is 26.2 Å². The van der Waals surface area contributed by atoms with E-state index in [1.807, 2.05) is 38.1 Å². The van der Waals surface area contributed by atoms with E-state index in [2.05, 4.69) is 44.6 Å². The van der Waals surface area contributed by atoms with Crippen molar-refractivity contribution in [3.63, 3.8) is 0 Å². The summed E-state index contributed by atoms with van der Waals surface area (Å²) in [4.78, 5) is 22.0. The minimum atomic E-state index is -0.245. The van der Waals surface area contributed by atoms with Crippen molar-refractivity contribution < 1.29 is 4.79 Å². The topological polar surface area (TPSA) is 95.6 Å². The number of aromatic amines is 1. The normalized spacial score (nSPS) is 11.0. The summed E-state index contributed by atoms with van der Waals surface area (Å²) in [5.41, 5.74) is 2.58. The lowest BCUT2D eigenvalue weighted by Gasteiger charge is -2.07. The van der Waals surface area contributed by atoms with Crippen LogP contribution in [0.4, 0.5) is 10.5 Å². The van der Waals surface area contributed by atoms with E-state index in [1.165, 1.54) is 0 Å². The highest BCUT2D eigenvalue weighted by atomic mass is 32.1. The third-order valence-electron chi connectivity index (χ3n) is 3.81. The molecule has 0 fully saturated rings. The average Bonchev–Trinajstić information content (AvgIpc) is 3.20. The standard InChI is InChI=1S/C18H22N6OS/c1-10(2)17-20-11(3)15(26-17)9-19-18(25)22-14-7-5-13(6-8-14)16-21-12(4)23-24-16/h5-8,10H,9H2,1-4H3,(H2,19,22,25)(H,21,23,24). The lowest BCUT2D eigenvalue weighted by atomic mass is 10.2. The summed E-state index contributed by atoms with van der Waals surface area (Å²) in [5.74, 6) is 1.80. The molecule has 0 unspecified atom stereocenters. The molecule has 0 radical (unpaired) electrons. The number of nitrogens with zero attached hydrogens (tertiary/aromatic N) is 3. The highest BCUT2D eigenvalue weighted by molar-refractivity contribution is 7.11. The van der Waals surface area contributed by atoms with Gasteiger partial charge in [-0.3, -0.25) is 5.10 Å². The zero-order valence-corrected chi connectivity index (χ0v) is 16.1. The van der Waals surface area contributed by atoms with Gasteiger partial charge >= 0.3 is 6.03 Å². The van der Waals surface area contributed by atoms with Gasteiger partial charge in [-0.1, -0.05) is 13.8 Å². The van der Waals surface area contributed by atoms with Gasteiger partial charge in [-0.25, -0.2) is 14.8 Å². The number of H-pyrrole nitrogens is 1. The lowest BCUT2D eigenvalue weighted by molar-refractivity contribution is 0.252. The SMILES string of the molecule is Cc1nc(-c2ccc(NC(=O)NCc3sc(C(C)C)nc3C)cc2)n[nH]1. The van der Waals surface area contributed by atoms with Crippen molar-refractivity contribution in [2.75, 3.05) is 5.32 Å². The number of carbonyl (C=O) groups excluding carboxylic acids is 1. The first-order valence-electron chi connectivity index (χ1n) is 8.43. The minimum Gasteiger partial charge on any atom is -0.333 e. The number of anilines is 1. The molecule has 136 valence electrons. The molecule has 0 aliphatic rings. The largest absolute Gasteiger partial charge is 0.333 e. The Kier molecular flexibility index (Phi) is 5.32. The van der Waals surface area contributed by atoms with Gasteiger partial charge in [-0.05, 0) is 38.1 Å². The number of aromatic nitrogens is 4. The number of hydrogen-bond acceptors (Lipinski definition) is 5. The zero-order valence-electron chi connectivity index (χ0n) is 15.3. The maximum absolute atomic E-state index is 12.1. The van der Waals surface area contributed by atoms with Gasteiger partial charge in [-0.2, -0.15) is 5.10 Å². The first-order chi connectivity index (χ1) is 12.4. The molecule has 0 aliphatic heterocycles. The summed E-state index contributed by atoms with van der Waals surface area (Å²) >= 11 is 1.65. The molecule has 0 aliphatic carbocycles. The van der Waals surface area contributed by atoms with Gasteiger partial charge in [0.05, 0.1) is 17.2 Å². The summed E-state index contributed by atoms with van der Waals surface area (Å²) in [6, 6.07) is 7.16. The van der Waals surface area contributed by atoms with E-state index >= 15 is 0 Å². The number of thiazole rings is 1. The summed E-state index contributed by atoms with van der Waals surface area (Å²) in [5, 5.41) is 13.7. The number of amides is 2. The Labute approximate surface area is 156 Å². The molecule has 0 saturated heterocycles. The van der Waals surface area contributed by atoms with Crippen LogP contribution in [-0.2, 0) is 6.54 Å². The van der Waals surface area contributed by atoms with Crippen LogP contribution >= 0.6 is 11.3 Å². The second kappa shape index (κ2) is 7.65. The first-order valence-corrected chi connectivity index (χ1v) is 9.24. The molecular weight excluding hydrogens is 348 g/mol. The monoisotopic (exact) mass is 370 g/mol. The van der Waals surface area contributed by atoms with Gasteiger partial charge in [0.25, 0.3) is 0 Å². The summed E-state index contributed by atoms with van der Waals surface area (Å²) < 4.78 is 0. The third kappa shape index (κ3) is 4.26. The molecular formula is C18H22N6OS. The van der Waals surface area contributed by atoms with Crippen molar-refractivity contribution in [1.29, 1.82) is 0 Å². The summed E-state index contributed by atoms with van der Waals surface area (Å²) in [6.07, 6.45) is 0. The molecule has 26 heavy (non-hydrogen) atoms. The second-order valence-corrected chi connectivity index (χ2v) is 7.46. The average molecular weight is 370 g/mol. The van der Waals surface area contributed by atoms with Crippen molar-refractivity contribution >= 4 is 23.1 Å². The molecule has 1 aromatic carbocycles.